The summed E-state index contributed by atoms with van der Waals surface area (Å²) in [6.07, 6.45) is 7.15. The molecule has 1 aliphatic rings. The molecule has 0 saturated heterocycles. The first-order valence-electron chi connectivity index (χ1n) is 6.51. The standard InChI is InChI=1S/C17H15NO3/c1-3-5-6-12(4-2)16-15(11-21-17(16)19)13-7-9-14(18-20)10-8-13/h3-10H,2,11H2,1H3/b5-3-,12-6+. The Bertz CT molecular complexity index is 664. The van der Waals surface area contributed by atoms with Crippen LogP contribution in [0.2, 0.25) is 0 Å². The van der Waals surface area contributed by atoms with Crippen molar-refractivity contribution < 1.29 is 9.53 Å². The lowest BCUT2D eigenvalue weighted by molar-refractivity contribution is -0.135. The summed E-state index contributed by atoms with van der Waals surface area (Å²) in [6.45, 7) is 5.85. The van der Waals surface area contributed by atoms with Crippen LogP contribution in [0.25, 0.3) is 5.57 Å². The zero-order valence-corrected chi connectivity index (χ0v) is 11.7. The number of nitrogens with zero attached hydrogens (tertiary/aromatic N) is 1. The smallest absolute Gasteiger partial charge is 0.339 e. The largest absolute Gasteiger partial charge is 0.457 e. The molecule has 4 heteroatoms. The number of ether oxygens (including phenoxy) is 1. The van der Waals surface area contributed by atoms with Crippen LogP contribution in [0.4, 0.5) is 5.69 Å². The van der Waals surface area contributed by atoms with E-state index in [2.05, 4.69) is 11.8 Å². The molecular weight excluding hydrogens is 266 g/mol. The Kier molecular flexibility index (Phi) is 4.61. The summed E-state index contributed by atoms with van der Waals surface area (Å²) in [5.41, 5.74) is 3.18. The third-order valence-electron chi connectivity index (χ3n) is 3.15. The summed E-state index contributed by atoms with van der Waals surface area (Å²) >= 11 is 0. The monoisotopic (exact) mass is 281 g/mol. The van der Waals surface area contributed by atoms with Crippen molar-refractivity contribution in [3.05, 3.63) is 76.8 Å². The maximum atomic E-state index is 12.0. The summed E-state index contributed by atoms with van der Waals surface area (Å²) in [5.74, 6) is -0.363. The number of allylic oxidation sites excluding steroid dienone is 4. The summed E-state index contributed by atoms with van der Waals surface area (Å²) in [6, 6.07) is 6.73. The minimum absolute atomic E-state index is 0.211. The lowest BCUT2D eigenvalue weighted by atomic mass is 9.96. The van der Waals surface area contributed by atoms with Crippen molar-refractivity contribution >= 4 is 17.2 Å². The molecule has 0 bridgehead atoms. The van der Waals surface area contributed by atoms with Crippen LogP contribution in [0.5, 0.6) is 0 Å². The van der Waals surface area contributed by atoms with Gasteiger partial charge in [0.25, 0.3) is 0 Å². The van der Waals surface area contributed by atoms with E-state index in [0.717, 1.165) is 11.1 Å². The van der Waals surface area contributed by atoms with Gasteiger partial charge in [0.2, 0.25) is 0 Å². The van der Waals surface area contributed by atoms with E-state index in [1.165, 1.54) is 0 Å². The highest BCUT2D eigenvalue weighted by molar-refractivity contribution is 6.06. The Labute approximate surface area is 123 Å². The second-order valence-corrected chi connectivity index (χ2v) is 4.42. The predicted molar refractivity (Wildman–Crippen MR) is 82.9 cm³/mol. The third-order valence-corrected chi connectivity index (χ3v) is 3.15. The van der Waals surface area contributed by atoms with Gasteiger partial charge in [-0.2, -0.15) is 0 Å². The minimum Gasteiger partial charge on any atom is -0.457 e. The van der Waals surface area contributed by atoms with Crippen molar-refractivity contribution in [2.24, 2.45) is 5.18 Å². The van der Waals surface area contributed by atoms with Crippen LogP contribution in [-0.2, 0) is 9.53 Å². The Balaban J connectivity index is 2.52. The first-order chi connectivity index (χ1) is 10.2. The summed E-state index contributed by atoms with van der Waals surface area (Å²) in [4.78, 5) is 22.4. The van der Waals surface area contributed by atoms with Gasteiger partial charge in [-0.3, -0.25) is 0 Å². The van der Waals surface area contributed by atoms with Crippen molar-refractivity contribution in [3.8, 4) is 0 Å². The van der Waals surface area contributed by atoms with Crippen molar-refractivity contribution in [1.29, 1.82) is 0 Å². The highest BCUT2D eigenvalue weighted by Gasteiger charge is 2.27. The molecule has 2 rings (SSSR count). The Morgan fingerprint density at radius 3 is 2.62 bits per heavy atom. The molecule has 0 amide bonds. The number of nitroso groups, excluding NO2 is 1. The number of carbonyl (C=O) groups excluding carboxylic acids is 1. The number of cyclic esters (lactones) is 1. The van der Waals surface area contributed by atoms with E-state index < -0.39 is 0 Å². The van der Waals surface area contributed by atoms with Crippen LogP contribution < -0.4 is 0 Å². The van der Waals surface area contributed by atoms with Gasteiger partial charge in [0.05, 0.1) is 5.57 Å². The fourth-order valence-corrected chi connectivity index (χ4v) is 2.10. The molecule has 1 aromatic rings. The van der Waals surface area contributed by atoms with E-state index in [0.29, 0.717) is 16.8 Å². The van der Waals surface area contributed by atoms with Crippen LogP contribution in [0, 0.1) is 4.91 Å². The quantitative estimate of drug-likeness (QED) is 0.464. The van der Waals surface area contributed by atoms with E-state index in [-0.39, 0.29) is 12.6 Å². The SMILES string of the molecule is C=C/C(=C\C=C/C)C1=C(c2ccc(N=O)cc2)COC1=O. The highest BCUT2D eigenvalue weighted by atomic mass is 16.5. The average molecular weight is 281 g/mol. The van der Waals surface area contributed by atoms with E-state index in [1.807, 2.05) is 25.2 Å². The maximum Gasteiger partial charge on any atom is 0.339 e. The molecule has 0 aliphatic carbocycles. The number of hydrogen-bond donors (Lipinski definition) is 0. The second kappa shape index (κ2) is 6.61. The lowest BCUT2D eigenvalue weighted by Gasteiger charge is -2.05. The maximum absolute atomic E-state index is 12.0. The van der Waals surface area contributed by atoms with Gasteiger partial charge in [-0.05, 0) is 35.4 Å². The van der Waals surface area contributed by atoms with E-state index in [1.54, 1.807) is 30.3 Å². The van der Waals surface area contributed by atoms with Gasteiger partial charge in [-0.25, -0.2) is 4.79 Å². The van der Waals surface area contributed by atoms with Gasteiger partial charge in [-0.15, -0.1) is 4.91 Å². The second-order valence-electron chi connectivity index (χ2n) is 4.42. The molecule has 21 heavy (non-hydrogen) atoms. The molecule has 0 atom stereocenters. The van der Waals surface area contributed by atoms with Gasteiger partial charge < -0.3 is 4.74 Å². The van der Waals surface area contributed by atoms with Crippen molar-refractivity contribution in [1.82, 2.24) is 0 Å². The number of carbonyl (C=O) groups is 1. The number of esters is 1. The first kappa shape index (κ1) is 14.7. The van der Waals surface area contributed by atoms with Crippen LogP contribution >= 0.6 is 0 Å². The predicted octanol–water partition coefficient (Wildman–Crippen LogP) is 4.08. The summed E-state index contributed by atoms with van der Waals surface area (Å²) < 4.78 is 5.14. The normalized spacial score (nSPS) is 15.5. The Hall–Kier alpha value is -2.75. The fraction of sp³-hybridized carbons (Fsp3) is 0.118. The van der Waals surface area contributed by atoms with Gasteiger partial charge in [0.15, 0.2) is 0 Å². The van der Waals surface area contributed by atoms with Gasteiger partial charge in [-0.1, -0.05) is 43.0 Å². The van der Waals surface area contributed by atoms with Crippen molar-refractivity contribution in [2.75, 3.05) is 6.61 Å². The molecule has 0 fully saturated rings. The molecule has 0 spiro atoms. The highest BCUT2D eigenvalue weighted by Crippen LogP contribution is 2.31. The molecule has 0 saturated carbocycles. The van der Waals surface area contributed by atoms with E-state index in [4.69, 9.17) is 4.74 Å². The summed E-state index contributed by atoms with van der Waals surface area (Å²) in [7, 11) is 0. The fourth-order valence-electron chi connectivity index (χ4n) is 2.10. The van der Waals surface area contributed by atoms with Crippen LogP contribution in [0.3, 0.4) is 0 Å². The average Bonchev–Trinajstić information content (AvgIpc) is 2.90. The summed E-state index contributed by atoms with van der Waals surface area (Å²) in [5, 5.41) is 2.86. The molecule has 0 aromatic heterocycles. The molecular formula is C17H15NO3. The van der Waals surface area contributed by atoms with Crippen LogP contribution in [0.15, 0.2) is 71.5 Å². The first-order valence-corrected chi connectivity index (χ1v) is 6.51. The molecule has 0 unspecified atom stereocenters. The number of hydrogen-bond acceptors (Lipinski definition) is 4. The third kappa shape index (κ3) is 3.05. The van der Waals surface area contributed by atoms with Crippen molar-refractivity contribution in [3.63, 3.8) is 0 Å². The molecule has 1 heterocycles. The zero-order valence-electron chi connectivity index (χ0n) is 11.7. The van der Waals surface area contributed by atoms with Gasteiger partial charge in [0.1, 0.15) is 12.3 Å². The van der Waals surface area contributed by atoms with Crippen LogP contribution in [0.1, 0.15) is 12.5 Å². The topological polar surface area (TPSA) is 55.7 Å². The number of rotatable bonds is 5. The van der Waals surface area contributed by atoms with Crippen molar-refractivity contribution in [2.45, 2.75) is 6.92 Å². The molecule has 1 aliphatic heterocycles. The zero-order chi connectivity index (χ0) is 15.2. The molecule has 0 N–H and O–H groups in total. The van der Waals surface area contributed by atoms with Gasteiger partial charge >= 0.3 is 5.97 Å². The molecule has 1 aromatic carbocycles. The van der Waals surface area contributed by atoms with E-state index >= 15 is 0 Å². The molecule has 106 valence electrons. The number of benzene rings is 1. The van der Waals surface area contributed by atoms with E-state index in [9.17, 15) is 9.70 Å². The molecule has 0 radical (unpaired) electrons. The lowest BCUT2D eigenvalue weighted by Crippen LogP contribution is -2.00. The Morgan fingerprint density at radius 2 is 2.05 bits per heavy atom. The Morgan fingerprint density at radius 1 is 1.33 bits per heavy atom. The van der Waals surface area contributed by atoms with Crippen LogP contribution in [-0.4, -0.2) is 12.6 Å². The molecule has 4 nitrogen and oxygen atoms in total. The van der Waals surface area contributed by atoms with Gasteiger partial charge in [0, 0.05) is 5.57 Å². The minimum atomic E-state index is -0.363.